The van der Waals surface area contributed by atoms with Crippen LogP contribution in [0, 0.1) is 6.92 Å². The van der Waals surface area contributed by atoms with Crippen LogP contribution in [0.5, 0.6) is 0 Å². The van der Waals surface area contributed by atoms with E-state index in [2.05, 4.69) is 39.1 Å². The van der Waals surface area contributed by atoms with Gasteiger partial charge in [-0.25, -0.2) is 9.97 Å². The molecule has 4 aromatic rings. The molecule has 0 fully saturated rings. The van der Waals surface area contributed by atoms with Gasteiger partial charge in [0.2, 0.25) is 0 Å². The first-order valence-electron chi connectivity index (χ1n) is 9.82. The van der Waals surface area contributed by atoms with Crippen molar-refractivity contribution in [1.82, 2.24) is 9.97 Å². The lowest BCUT2D eigenvalue weighted by atomic mass is 10.2. The Labute approximate surface area is 186 Å². The Morgan fingerprint density at radius 2 is 1.65 bits per heavy atom. The first kappa shape index (κ1) is 21.4. The molecule has 0 radical (unpaired) electrons. The maximum absolute atomic E-state index is 12.3. The Morgan fingerprint density at radius 1 is 0.935 bits per heavy atom. The third-order valence-corrected chi connectivity index (χ3v) is 7.19. The normalized spacial score (nSPS) is 11.7. The lowest BCUT2D eigenvalue weighted by Crippen LogP contribution is -2.09. The summed E-state index contributed by atoms with van der Waals surface area (Å²) in [5, 5.41) is 0.906. The molecule has 0 spiro atoms. The van der Waals surface area contributed by atoms with Gasteiger partial charge in [-0.3, -0.25) is 4.18 Å². The summed E-state index contributed by atoms with van der Waals surface area (Å²) in [4.78, 5) is 12.4. The number of fused-ring (bicyclic) bond motifs is 1. The second kappa shape index (κ2) is 8.74. The summed E-state index contributed by atoms with van der Waals surface area (Å²) in [6.07, 6.45) is 0.395. The molecular formula is C23H23N3O3S2. The van der Waals surface area contributed by atoms with Crippen molar-refractivity contribution in [1.29, 1.82) is 0 Å². The van der Waals surface area contributed by atoms with Gasteiger partial charge < -0.3 is 4.90 Å². The van der Waals surface area contributed by atoms with Gasteiger partial charge in [-0.1, -0.05) is 29.0 Å². The van der Waals surface area contributed by atoms with Crippen molar-refractivity contribution in [3.63, 3.8) is 0 Å². The molecule has 6 nitrogen and oxygen atoms in total. The number of anilines is 1. The van der Waals surface area contributed by atoms with Gasteiger partial charge in [0.05, 0.1) is 11.5 Å². The highest BCUT2D eigenvalue weighted by Gasteiger charge is 2.15. The second-order valence-corrected chi connectivity index (χ2v) is 10.0. The summed E-state index contributed by atoms with van der Waals surface area (Å²) >= 11 is 1.52. The van der Waals surface area contributed by atoms with Crippen LogP contribution in [0.2, 0.25) is 0 Å². The van der Waals surface area contributed by atoms with Crippen molar-refractivity contribution in [2.24, 2.45) is 0 Å². The van der Waals surface area contributed by atoms with Gasteiger partial charge in [0.15, 0.2) is 0 Å². The summed E-state index contributed by atoms with van der Waals surface area (Å²) < 4.78 is 29.8. The maximum Gasteiger partial charge on any atom is 0.296 e. The van der Waals surface area contributed by atoms with E-state index in [9.17, 15) is 8.42 Å². The number of hydrogen-bond donors (Lipinski definition) is 0. The van der Waals surface area contributed by atoms with E-state index < -0.39 is 10.1 Å². The van der Waals surface area contributed by atoms with Crippen LogP contribution in [0.3, 0.4) is 0 Å². The molecule has 2 aromatic heterocycles. The van der Waals surface area contributed by atoms with Crippen LogP contribution in [0.4, 0.5) is 5.69 Å². The number of rotatable bonds is 7. The summed E-state index contributed by atoms with van der Waals surface area (Å²) in [7, 11) is 0.243. The van der Waals surface area contributed by atoms with Gasteiger partial charge in [0.1, 0.15) is 15.4 Å². The minimum Gasteiger partial charge on any atom is -0.378 e. The highest BCUT2D eigenvalue weighted by atomic mass is 32.2. The molecule has 0 saturated carbocycles. The topological polar surface area (TPSA) is 72.4 Å². The molecule has 160 valence electrons. The largest absolute Gasteiger partial charge is 0.378 e. The van der Waals surface area contributed by atoms with Crippen molar-refractivity contribution in [2.75, 3.05) is 25.6 Å². The number of nitrogens with zero attached hydrogens (tertiary/aromatic N) is 3. The fraction of sp³-hybridized carbons (Fsp3) is 0.217. The number of benzene rings is 2. The van der Waals surface area contributed by atoms with Gasteiger partial charge >= 0.3 is 0 Å². The Kier molecular flexibility index (Phi) is 6.04. The minimum atomic E-state index is -3.77. The minimum absolute atomic E-state index is 0.0341. The molecule has 0 atom stereocenters. The molecule has 8 heteroatoms. The fourth-order valence-electron chi connectivity index (χ4n) is 3.05. The molecular weight excluding hydrogens is 430 g/mol. The maximum atomic E-state index is 12.3. The zero-order valence-electron chi connectivity index (χ0n) is 17.6. The molecule has 0 aliphatic carbocycles. The van der Waals surface area contributed by atoms with Crippen LogP contribution < -0.4 is 4.90 Å². The predicted octanol–water partition coefficient (Wildman–Crippen LogP) is 4.68. The van der Waals surface area contributed by atoms with Gasteiger partial charge in [-0.2, -0.15) is 8.42 Å². The van der Waals surface area contributed by atoms with E-state index in [1.807, 2.05) is 33.2 Å². The third kappa shape index (κ3) is 4.92. The van der Waals surface area contributed by atoms with E-state index in [1.54, 1.807) is 24.3 Å². The summed E-state index contributed by atoms with van der Waals surface area (Å²) in [5.74, 6) is 0. The van der Waals surface area contributed by atoms with Crippen molar-refractivity contribution >= 4 is 37.5 Å². The van der Waals surface area contributed by atoms with Gasteiger partial charge in [0, 0.05) is 37.5 Å². The van der Waals surface area contributed by atoms with E-state index in [-0.39, 0.29) is 11.5 Å². The lowest BCUT2D eigenvalue weighted by Gasteiger charge is -2.11. The van der Waals surface area contributed by atoms with E-state index in [0.717, 1.165) is 37.9 Å². The molecule has 0 bridgehead atoms. The zero-order chi connectivity index (χ0) is 22.0. The smallest absolute Gasteiger partial charge is 0.296 e. The molecule has 0 unspecified atom stereocenters. The van der Waals surface area contributed by atoms with Crippen molar-refractivity contribution in [2.45, 2.75) is 18.2 Å². The summed E-state index contributed by atoms with van der Waals surface area (Å²) in [6, 6.07) is 18.6. The van der Waals surface area contributed by atoms with Crippen LogP contribution in [0.1, 0.15) is 11.3 Å². The average molecular weight is 454 g/mol. The first-order valence-corrected chi connectivity index (χ1v) is 12.0. The molecule has 0 aliphatic rings. The number of pyridine rings is 1. The molecule has 0 amide bonds. The fourth-order valence-corrected chi connectivity index (χ4v) is 4.92. The zero-order valence-corrected chi connectivity index (χ0v) is 19.2. The third-order valence-electron chi connectivity index (χ3n) is 4.85. The molecule has 0 aliphatic heterocycles. The monoisotopic (exact) mass is 453 g/mol. The Balaban J connectivity index is 1.45. The summed E-state index contributed by atoms with van der Waals surface area (Å²) in [5.41, 5.74) is 4.76. The molecule has 4 rings (SSSR count). The molecule has 2 heterocycles. The number of aromatic nitrogens is 2. The summed E-state index contributed by atoms with van der Waals surface area (Å²) in [6.45, 7) is 1.94. The van der Waals surface area contributed by atoms with E-state index in [1.165, 1.54) is 11.3 Å². The first-order chi connectivity index (χ1) is 14.8. The Hall–Kier alpha value is -2.81. The Bertz CT molecular complexity index is 1300. The molecule has 2 aromatic carbocycles. The van der Waals surface area contributed by atoms with Crippen LogP contribution in [-0.2, 0) is 20.7 Å². The van der Waals surface area contributed by atoms with E-state index >= 15 is 0 Å². The highest BCUT2D eigenvalue weighted by Crippen LogP contribution is 2.30. The molecule has 0 saturated heterocycles. The van der Waals surface area contributed by atoms with Gasteiger partial charge in [0.25, 0.3) is 10.1 Å². The standard InChI is InChI=1S/C23H23N3O3S2/c1-16-4-11-20(12-5-16)31(27,28)29-15-14-18-8-13-21-23(24-18)30-22(25-21)17-6-9-19(10-7-17)26(2)3/h4-13H,14-15H2,1-3H3. The second-order valence-electron chi connectivity index (χ2n) is 7.43. The van der Waals surface area contributed by atoms with Crippen molar-refractivity contribution in [3.05, 3.63) is 71.9 Å². The van der Waals surface area contributed by atoms with Crippen molar-refractivity contribution < 1.29 is 12.6 Å². The van der Waals surface area contributed by atoms with Gasteiger partial charge in [-0.05, 0) is 55.5 Å². The predicted molar refractivity (Wildman–Crippen MR) is 125 cm³/mol. The highest BCUT2D eigenvalue weighted by molar-refractivity contribution is 7.86. The number of hydrogen-bond acceptors (Lipinski definition) is 7. The molecule has 0 N–H and O–H groups in total. The van der Waals surface area contributed by atoms with Crippen LogP contribution in [0.15, 0.2) is 65.6 Å². The van der Waals surface area contributed by atoms with Crippen LogP contribution >= 0.6 is 11.3 Å². The van der Waals surface area contributed by atoms with Crippen LogP contribution in [-0.4, -0.2) is 39.1 Å². The van der Waals surface area contributed by atoms with Gasteiger partial charge in [-0.15, -0.1) is 0 Å². The Morgan fingerprint density at radius 3 is 2.32 bits per heavy atom. The van der Waals surface area contributed by atoms with E-state index in [0.29, 0.717) is 6.42 Å². The number of aryl methyl sites for hydroxylation is 1. The lowest BCUT2D eigenvalue weighted by molar-refractivity contribution is 0.321. The quantitative estimate of drug-likeness (QED) is 0.378. The van der Waals surface area contributed by atoms with E-state index in [4.69, 9.17) is 4.18 Å². The molecule has 31 heavy (non-hydrogen) atoms. The SMILES string of the molecule is Cc1ccc(S(=O)(=O)OCCc2ccc3nc(-c4ccc(N(C)C)cc4)sc3n2)cc1. The number of thiazole rings is 1. The average Bonchev–Trinajstić information content (AvgIpc) is 3.17. The van der Waals surface area contributed by atoms with Crippen molar-refractivity contribution in [3.8, 4) is 10.6 Å². The van der Waals surface area contributed by atoms with Crippen LogP contribution in [0.25, 0.3) is 20.9 Å².